The minimum absolute atomic E-state index is 0.679. The molecule has 0 atom stereocenters. The van der Waals surface area contributed by atoms with Gasteiger partial charge in [-0.25, -0.2) is 14.6 Å². The smallest absolute Gasteiger partial charge is 0.169 e. The van der Waals surface area contributed by atoms with Crippen molar-refractivity contribution in [2.45, 2.75) is 26.8 Å². The number of fused-ring (bicyclic) bond motifs is 1. The molecule has 0 unspecified atom stereocenters. The molecule has 0 N–H and O–H groups in total. The van der Waals surface area contributed by atoms with Gasteiger partial charge >= 0.3 is 0 Å². The quantitative estimate of drug-likeness (QED) is 0.289. The third-order valence-corrected chi connectivity index (χ3v) is 7.43. The minimum Gasteiger partial charge on any atom is -0.497 e. The fourth-order valence-corrected chi connectivity index (χ4v) is 5.30. The summed E-state index contributed by atoms with van der Waals surface area (Å²) >= 11 is 0. The second-order valence-corrected chi connectivity index (χ2v) is 10.3. The van der Waals surface area contributed by atoms with Gasteiger partial charge in [0.25, 0.3) is 0 Å². The van der Waals surface area contributed by atoms with E-state index in [-0.39, 0.29) is 0 Å². The van der Waals surface area contributed by atoms with E-state index in [1.807, 2.05) is 28.9 Å². The Balaban J connectivity index is 1.32. The average Bonchev–Trinajstić information content (AvgIpc) is 3.31. The van der Waals surface area contributed by atoms with Crippen LogP contribution in [-0.4, -0.2) is 57.9 Å². The summed E-state index contributed by atoms with van der Waals surface area (Å²) in [7, 11) is 1.72. The van der Waals surface area contributed by atoms with Crippen LogP contribution in [-0.2, 0) is 13.0 Å². The van der Waals surface area contributed by atoms with Gasteiger partial charge in [0.1, 0.15) is 17.4 Å². The first kappa shape index (κ1) is 25.1. The lowest BCUT2D eigenvalue weighted by Gasteiger charge is -2.35. The van der Waals surface area contributed by atoms with Gasteiger partial charge < -0.3 is 9.64 Å². The molecule has 1 fully saturated rings. The fraction of sp³-hybridized carbons (Fsp3) is 0.281. The van der Waals surface area contributed by atoms with E-state index >= 15 is 0 Å². The lowest BCUT2D eigenvalue weighted by Crippen LogP contribution is -2.46. The van der Waals surface area contributed by atoms with Gasteiger partial charge in [-0.1, -0.05) is 60.2 Å². The van der Waals surface area contributed by atoms with E-state index in [2.05, 4.69) is 78.2 Å². The average molecular weight is 519 g/mol. The van der Waals surface area contributed by atoms with E-state index in [4.69, 9.17) is 19.8 Å². The molecule has 3 heterocycles. The summed E-state index contributed by atoms with van der Waals surface area (Å²) in [5, 5.41) is 5.96. The normalized spacial score (nSPS) is 14.2. The molecule has 198 valence electrons. The number of ether oxygens (including phenoxy) is 1. The standard InChI is InChI=1S/C32H34N6O/c1-23-12-14-25(15-13-23)21-29-33-31(30-24(2)35-38(32(30)34-29)27-9-5-4-6-10-27)37-18-16-36(17-19-37)22-26-8-7-11-28(20-26)39-3/h4-15,20H,16-19,21-22H2,1-3H3. The van der Waals surface area contributed by atoms with Gasteiger partial charge in [0.2, 0.25) is 0 Å². The predicted molar refractivity (Wildman–Crippen MR) is 156 cm³/mol. The van der Waals surface area contributed by atoms with Gasteiger partial charge in [-0.3, -0.25) is 4.90 Å². The lowest BCUT2D eigenvalue weighted by molar-refractivity contribution is 0.249. The molecule has 0 bridgehead atoms. The highest BCUT2D eigenvalue weighted by molar-refractivity contribution is 5.91. The molecule has 0 spiro atoms. The first-order valence-corrected chi connectivity index (χ1v) is 13.5. The maximum atomic E-state index is 5.42. The van der Waals surface area contributed by atoms with Crippen molar-refractivity contribution in [2.24, 2.45) is 0 Å². The lowest BCUT2D eigenvalue weighted by atomic mass is 10.1. The summed E-state index contributed by atoms with van der Waals surface area (Å²) in [4.78, 5) is 15.1. The van der Waals surface area contributed by atoms with Gasteiger partial charge in [0.05, 0.1) is 23.9 Å². The minimum atomic E-state index is 0.679. The number of aromatic nitrogens is 4. The van der Waals surface area contributed by atoms with Crippen LogP contribution in [0.5, 0.6) is 5.75 Å². The summed E-state index contributed by atoms with van der Waals surface area (Å²) in [6, 6.07) is 27.2. The van der Waals surface area contributed by atoms with Gasteiger partial charge in [0.15, 0.2) is 5.65 Å². The number of methoxy groups -OCH3 is 1. The maximum absolute atomic E-state index is 5.42. The first-order valence-electron chi connectivity index (χ1n) is 13.5. The molecule has 0 aliphatic carbocycles. The van der Waals surface area contributed by atoms with Crippen LogP contribution in [0.15, 0.2) is 78.9 Å². The van der Waals surface area contributed by atoms with Gasteiger partial charge in [-0.15, -0.1) is 0 Å². The molecule has 3 aromatic carbocycles. The zero-order valence-corrected chi connectivity index (χ0v) is 22.8. The molecule has 0 radical (unpaired) electrons. The molecule has 0 amide bonds. The number of nitrogens with zero attached hydrogens (tertiary/aromatic N) is 6. The Hall–Kier alpha value is -4.23. The van der Waals surface area contributed by atoms with E-state index in [1.54, 1.807) is 7.11 Å². The Labute approximate surface area is 229 Å². The van der Waals surface area contributed by atoms with Crippen molar-refractivity contribution in [2.75, 3.05) is 38.2 Å². The Morgan fingerprint density at radius 2 is 1.56 bits per heavy atom. The number of rotatable bonds is 7. The molecule has 7 heteroatoms. The highest BCUT2D eigenvalue weighted by atomic mass is 16.5. The Kier molecular flexibility index (Phi) is 6.99. The van der Waals surface area contributed by atoms with E-state index in [9.17, 15) is 0 Å². The largest absolute Gasteiger partial charge is 0.497 e. The van der Waals surface area contributed by atoms with E-state index < -0.39 is 0 Å². The monoisotopic (exact) mass is 518 g/mol. The zero-order valence-electron chi connectivity index (χ0n) is 22.8. The van der Waals surface area contributed by atoms with Crippen LogP contribution >= 0.6 is 0 Å². The summed E-state index contributed by atoms with van der Waals surface area (Å²) in [5.74, 6) is 2.71. The Morgan fingerprint density at radius 1 is 0.795 bits per heavy atom. The summed E-state index contributed by atoms with van der Waals surface area (Å²) in [6.07, 6.45) is 0.679. The van der Waals surface area contributed by atoms with Crippen molar-refractivity contribution in [1.82, 2.24) is 24.6 Å². The first-order chi connectivity index (χ1) is 19.1. The fourth-order valence-electron chi connectivity index (χ4n) is 5.30. The molecule has 1 aliphatic rings. The van der Waals surface area contributed by atoms with Crippen LogP contribution < -0.4 is 9.64 Å². The van der Waals surface area contributed by atoms with Crippen LogP contribution in [0, 0.1) is 13.8 Å². The predicted octanol–water partition coefficient (Wildman–Crippen LogP) is 5.35. The van der Waals surface area contributed by atoms with E-state index in [0.29, 0.717) is 6.42 Å². The molecule has 6 rings (SSSR count). The Bertz CT molecular complexity index is 1570. The molecular formula is C32H34N6O. The molecule has 7 nitrogen and oxygen atoms in total. The van der Waals surface area contributed by atoms with Crippen molar-refractivity contribution >= 4 is 16.9 Å². The van der Waals surface area contributed by atoms with Crippen LogP contribution in [0.4, 0.5) is 5.82 Å². The maximum Gasteiger partial charge on any atom is 0.169 e. The van der Waals surface area contributed by atoms with E-state index in [0.717, 1.165) is 72.5 Å². The highest BCUT2D eigenvalue weighted by Gasteiger charge is 2.25. The molecular weight excluding hydrogens is 484 g/mol. The molecule has 5 aromatic rings. The van der Waals surface area contributed by atoms with Crippen molar-refractivity contribution < 1.29 is 4.74 Å². The summed E-state index contributed by atoms with van der Waals surface area (Å²) in [6.45, 7) is 8.80. The SMILES string of the molecule is COc1cccc(CN2CCN(c3nc(Cc4ccc(C)cc4)nc4c3c(C)nn4-c3ccccc3)CC2)c1. The third kappa shape index (κ3) is 5.36. The number of hydrogen-bond acceptors (Lipinski definition) is 6. The number of hydrogen-bond donors (Lipinski definition) is 0. The van der Waals surface area contributed by atoms with Crippen LogP contribution in [0.2, 0.25) is 0 Å². The molecule has 39 heavy (non-hydrogen) atoms. The van der Waals surface area contributed by atoms with Crippen molar-refractivity contribution in [1.29, 1.82) is 0 Å². The topological polar surface area (TPSA) is 59.3 Å². The number of anilines is 1. The molecule has 1 saturated heterocycles. The number of para-hydroxylation sites is 1. The van der Waals surface area contributed by atoms with Crippen LogP contribution in [0.1, 0.15) is 28.2 Å². The van der Waals surface area contributed by atoms with E-state index in [1.165, 1.54) is 16.7 Å². The third-order valence-electron chi connectivity index (χ3n) is 7.43. The van der Waals surface area contributed by atoms with Crippen LogP contribution in [0.25, 0.3) is 16.7 Å². The van der Waals surface area contributed by atoms with Crippen molar-refractivity contribution in [3.8, 4) is 11.4 Å². The number of benzene rings is 3. The zero-order chi connectivity index (χ0) is 26.8. The number of piperazine rings is 1. The molecule has 1 aliphatic heterocycles. The summed E-state index contributed by atoms with van der Waals surface area (Å²) in [5.41, 5.74) is 6.54. The van der Waals surface area contributed by atoms with Gasteiger partial charge in [-0.05, 0) is 49.2 Å². The van der Waals surface area contributed by atoms with Gasteiger partial charge in [-0.2, -0.15) is 5.10 Å². The number of aryl methyl sites for hydroxylation is 2. The summed E-state index contributed by atoms with van der Waals surface area (Å²) < 4.78 is 7.38. The second kappa shape index (κ2) is 10.9. The molecule has 2 aromatic heterocycles. The Morgan fingerprint density at radius 3 is 2.31 bits per heavy atom. The van der Waals surface area contributed by atoms with Crippen molar-refractivity contribution in [3.05, 3.63) is 107 Å². The van der Waals surface area contributed by atoms with Gasteiger partial charge in [0, 0.05) is 39.1 Å². The van der Waals surface area contributed by atoms with Crippen molar-refractivity contribution in [3.63, 3.8) is 0 Å². The van der Waals surface area contributed by atoms with Crippen LogP contribution in [0.3, 0.4) is 0 Å². The second-order valence-electron chi connectivity index (χ2n) is 10.3. The molecule has 0 saturated carbocycles. The highest BCUT2D eigenvalue weighted by Crippen LogP contribution is 2.30.